The second kappa shape index (κ2) is 5.86. The van der Waals surface area contributed by atoms with E-state index in [1.54, 1.807) is 11.8 Å². The first-order valence-electron chi connectivity index (χ1n) is 4.26. The Bertz CT molecular complexity index is 342. The van der Waals surface area contributed by atoms with Gasteiger partial charge in [0.05, 0.1) is 11.5 Å². The van der Waals surface area contributed by atoms with Crippen molar-refractivity contribution in [2.75, 3.05) is 17.3 Å². The molecule has 0 saturated carbocycles. The Morgan fingerprint density at radius 1 is 1.60 bits per heavy atom. The van der Waals surface area contributed by atoms with Crippen LogP contribution in [0.4, 0.5) is 0 Å². The fraction of sp³-hybridized carbons (Fsp3) is 0.571. The molecule has 0 fully saturated rings. The Morgan fingerprint density at radius 3 is 2.93 bits per heavy atom. The molecule has 1 aromatic rings. The molecule has 0 unspecified atom stereocenters. The molecule has 84 valence electrons. The van der Waals surface area contributed by atoms with Crippen molar-refractivity contribution in [3.63, 3.8) is 0 Å². The third-order valence-corrected chi connectivity index (χ3v) is 3.29. The highest BCUT2D eigenvalue weighted by atomic mass is 32.2. The zero-order valence-electron chi connectivity index (χ0n) is 8.21. The zero-order valence-corrected chi connectivity index (χ0v) is 9.85. The van der Waals surface area contributed by atoms with Gasteiger partial charge in [-0.25, -0.2) is 4.68 Å². The van der Waals surface area contributed by atoms with Gasteiger partial charge in [0.2, 0.25) is 5.16 Å². The summed E-state index contributed by atoms with van der Waals surface area (Å²) < 4.78 is 1.34. The van der Waals surface area contributed by atoms with Gasteiger partial charge >= 0.3 is 5.97 Å². The number of nitrogen functional groups attached to an aromatic ring is 1. The molecule has 0 radical (unpaired) electrons. The minimum atomic E-state index is -0.896. The molecule has 0 aliphatic rings. The predicted octanol–water partition coefficient (Wildman–Crippen LogP) is 0.422. The van der Waals surface area contributed by atoms with Gasteiger partial charge in [0.15, 0.2) is 5.82 Å². The maximum absolute atomic E-state index is 10.3. The van der Waals surface area contributed by atoms with E-state index in [1.807, 2.05) is 6.92 Å². The highest BCUT2D eigenvalue weighted by Gasteiger charge is 2.11. The molecule has 0 aliphatic carbocycles. The van der Waals surface area contributed by atoms with Crippen LogP contribution >= 0.6 is 23.5 Å². The Hall–Kier alpha value is -0.890. The van der Waals surface area contributed by atoms with Gasteiger partial charge in [-0.3, -0.25) is 4.79 Å². The number of carboxylic acids is 1. The molecule has 0 amide bonds. The molecule has 1 rings (SSSR count). The van der Waals surface area contributed by atoms with Crippen LogP contribution in [0, 0.1) is 0 Å². The summed E-state index contributed by atoms with van der Waals surface area (Å²) in [5.74, 6) is 7.07. The topological polar surface area (TPSA) is 94.0 Å². The van der Waals surface area contributed by atoms with Crippen molar-refractivity contribution in [1.29, 1.82) is 0 Å². The van der Waals surface area contributed by atoms with E-state index in [0.717, 1.165) is 17.5 Å². The zero-order chi connectivity index (χ0) is 11.3. The Labute approximate surface area is 95.6 Å². The van der Waals surface area contributed by atoms with Gasteiger partial charge < -0.3 is 10.9 Å². The molecule has 1 aromatic heterocycles. The van der Waals surface area contributed by atoms with E-state index in [0.29, 0.717) is 16.7 Å². The van der Waals surface area contributed by atoms with Crippen LogP contribution in [0.2, 0.25) is 0 Å². The maximum atomic E-state index is 10.3. The maximum Gasteiger partial charge on any atom is 0.313 e. The molecule has 15 heavy (non-hydrogen) atoms. The van der Waals surface area contributed by atoms with Crippen LogP contribution in [0.15, 0.2) is 5.16 Å². The molecule has 0 aliphatic heterocycles. The quantitative estimate of drug-likeness (QED) is 0.556. The standard InChI is InChI=1S/C7H12N4O2S2/c1-2-14-3-5-9-10-7(11(5)8)15-4-6(12)13/h2-4,8H2,1H3,(H,12,13). The summed E-state index contributed by atoms with van der Waals surface area (Å²) in [4.78, 5) is 10.3. The molecular weight excluding hydrogens is 236 g/mol. The Kier molecular flexibility index (Phi) is 4.76. The second-order valence-corrected chi connectivity index (χ2v) is 4.81. The summed E-state index contributed by atoms with van der Waals surface area (Å²) in [5, 5.41) is 16.6. The van der Waals surface area contributed by atoms with Crippen LogP contribution in [0.3, 0.4) is 0 Å². The molecule has 6 nitrogen and oxygen atoms in total. The number of nitrogens with zero attached hydrogens (tertiary/aromatic N) is 3. The number of carbonyl (C=O) groups is 1. The summed E-state index contributed by atoms with van der Waals surface area (Å²) in [7, 11) is 0. The lowest BCUT2D eigenvalue weighted by molar-refractivity contribution is -0.133. The molecule has 3 N–H and O–H groups in total. The average Bonchev–Trinajstić information content (AvgIpc) is 2.54. The average molecular weight is 248 g/mol. The smallest absolute Gasteiger partial charge is 0.313 e. The number of thioether (sulfide) groups is 2. The molecule has 0 atom stereocenters. The first-order chi connectivity index (χ1) is 7.15. The monoisotopic (exact) mass is 248 g/mol. The van der Waals surface area contributed by atoms with Gasteiger partial charge in [-0.05, 0) is 5.75 Å². The van der Waals surface area contributed by atoms with Gasteiger partial charge in [-0.15, -0.1) is 10.2 Å². The van der Waals surface area contributed by atoms with Crippen molar-refractivity contribution in [2.45, 2.75) is 17.8 Å². The van der Waals surface area contributed by atoms with Crippen molar-refractivity contribution < 1.29 is 9.90 Å². The summed E-state index contributed by atoms with van der Waals surface area (Å²) in [6.07, 6.45) is 0. The summed E-state index contributed by atoms with van der Waals surface area (Å²) >= 11 is 2.75. The van der Waals surface area contributed by atoms with E-state index < -0.39 is 5.97 Å². The molecule has 1 heterocycles. The first-order valence-corrected chi connectivity index (χ1v) is 6.41. The Balaban J connectivity index is 2.58. The van der Waals surface area contributed by atoms with Crippen molar-refractivity contribution in [3.8, 4) is 0 Å². The van der Waals surface area contributed by atoms with Crippen LogP contribution < -0.4 is 5.84 Å². The van der Waals surface area contributed by atoms with Gasteiger partial charge in [-0.2, -0.15) is 11.8 Å². The molecule has 0 spiro atoms. The molecule has 0 saturated heterocycles. The number of aromatic nitrogens is 3. The normalized spacial score (nSPS) is 10.5. The van der Waals surface area contributed by atoms with Gasteiger partial charge in [0, 0.05) is 0 Å². The number of rotatable bonds is 6. The number of hydrogen-bond donors (Lipinski definition) is 2. The van der Waals surface area contributed by atoms with Crippen LogP contribution in [0.25, 0.3) is 0 Å². The van der Waals surface area contributed by atoms with Crippen LogP contribution in [0.1, 0.15) is 12.7 Å². The van der Waals surface area contributed by atoms with E-state index in [4.69, 9.17) is 10.9 Å². The molecule has 0 bridgehead atoms. The highest BCUT2D eigenvalue weighted by Crippen LogP contribution is 2.16. The van der Waals surface area contributed by atoms with Gasteiger partial charge in [0.25, 0.3) is 0 Å². The lowest BCUT2D eigenvalue weighted by atomic mass is 10.7. The number of aliphatic carboxylic acids is 1. The second-order valence-electron chi connectivity index (χ2n) is 2.59. The third-order valence-electron chi connectivity index (χ3n) is 1.50. The predicted molar refractivity (Wildman–Crippen MR) is 60.4 cm³/mol. The van der Waals surface area contributed by atoms with E-state index in [9.17, 15) is 4.79 Å². The minimum absolute atomic E-state index is 0.0593. The van der Waals surface area contributed by atoms with Crippen LogP contribution in [-0.2, 0) is 10.5 Å². The van der Waals surface area contributed by atoms with Crippen LogP contribution in [0.5, 0.6) is 0 Å². The van der Waals surface area contributed by atoms with E-state index in [2.05, 4.69) is 10.2 Å². The van der Waals surface area contributed by atoms with Crippen molar-refractivity contribution in [1.82, 2.24) is 14.9 Å². The fourth-order valence-electron chi connectivity index (χ4n) is 0.824. The minimum Gasteiger partial charge on any atom is -0.481 e. The van der Waals surface area contributed by atoms with E-state index >= 15 is 0 Å². The molecule has 0 aromatic carbocycles. The van der Waals surface area contributed by atoms with E-state index in [-0.39, 0.29) is 5.75 Å². The largest absolute Gasteiger partial charge is 0.481 e. The SMILES string of the molecule is CCSCc1nnc(SCC(=O)O)n1N. The number of carboxylic acid groups (broad SMARTS) is 1. The van der Waals surface area contributed by atoms with Crippen LogP contribution in [-0.4, -0.2) is 37.5 Å². The van der Waals surface area contributed by atoms with Crippen molar-refractivity contribution >= 4 is 29.5 Å². The van der Waals surface area contributed by atoms with Crippen molar-refractivity contribution in [3.05, 3.63) is 5.82 Å². The summed E-state index contributed by atoms with van der Waals surface area (Å²) in [5.41, 5.74) is 0. The summed E-state index contributed by atoms with van der Waals surface area (Å²) in [6, 6.07) is 0. The van der Waals surface area contributed by atoms with Gasteiger partial charge in [0.1, 0.15) is 0 Å². The Morgan fingerprint density at radius 2 is 2.33 bits per heavy atom. The van der Waals surface area contributed by atoms with Crippen molar-refractivity contribution in [2.24, 2.45) is 0 Å². The van der Waals surface area contributed by atoms with Gasteiger partial charge in [-0.1, -0.05) is 18.7 Å². The lowest BCUT2D eigenvalue weighted by Crippen LogP contribution is -2.14. The fourth-order valence-corrected chi connectivity index (χ4v) is 2.00. The highest BCUT2D eigenvalue weighted by molar-refractivity contribution is 7.99. The number of hydrogen-bond acceptors (Lipinski definition) is 6. The first kappa shape index (κ1) is 12.2. The van der Waals surface area contributed by atoms with E-state index in [1.165, 1.54) is 4.68 Å². The third kappa shape index (κ3) is 3.63. The number of nitrogens with two attached hydrogens (primary N) is 1. The lowest BCUT2D eigenvalue weighted by Gasteiger charge is -2.01. The summed E-state index contributed by atoms with van der Waals surface area (Å²) in [6.45, 7) is 2.04. The molecular formula is C7H12N4O2S2. The molecule has 8 heteroatoms.